The lowest BCUT2D eigenvalue weighted by Crippen LogP contribution is -1.99. The quantitative estimate of drug-likeness (QED) is 0.700. The first-order chi connectivity index (χ1) is 6.81. The summed E-state index contributed by atoms with van der Waals surface area (Å²) in [7, 11) is 0. The summed E-state index contributed by atoms with van der Waals surface area (Å²) < 4.78 is 5.52. The summed E-state index contributed by atoms with van der Waals surface area (Å²) in [6.45, 7) is 3.83. The Morgan fingerprint density at radius 2 is 2.36 bits per heavy atom. The minimum atomic E-state index is 0.367. The third-order valence-corrected chi connectivity index (χ3v) is 3.49. The Hall–Kier alpha value is -0.340. The van der Waals surface area contributed by atoms with Gasteiger partial charge in [0.05, 0.1) is 18.0 Å². The number of fused-ring (bicyclic) bond motifs is 1. The van der Waals surface area contributed by atoms with Crippen molar-refractivity contribution in [2.24, 2.45) is 0 Å². The van der Waals surface area contributed by atoms with Crippen molar-refractivity contribution in [3.05, 3.63) is 34.9 Å². The molecule has 0 N–H and O–H groups in total. The fourth-order valence-electron chi connectivity index (χ4n) is 1.84. The maximum absolute atomic E-state index is 5.52. The van der Waals surface area contributed by atoms with Gasteiger partial charge in [-0.05, 0) is 29.5 Å². The van der Waals surface area contributed by atoms with Gasteiger partial charge in [0.15, 0.2) is 0 Å². The third-order valence-electron chi connectivity index (χ3n) is 2.74. The zero-order chi connectivity index (χ0) is 9.97. The molecule has 1 aromatic carbocycles. The molecule has 0 fully saturated rings. The molecule has 0 saturated carbocycles. The Kier molecular flexibility index (Phi) is 3.24. The van der Waals surface area contributed by atoms with Crippen LogP contribution in [0.2, 0.25) is 0 Å². The highest BCUT2D eigenvalue weighted by molar-refractivity contribution is 9.09. The predicted molar refractivity (Wildman–Crippen MR) is 62.0 cm³/mol. The molecule has 1 aromatic rings. The van der Waals surface area contributed by atoms with Crippen molar-refractivity contribution in [2.75, 3.05) is 13.2 Å². The predicted octanol–water partition coefficient (Wildman–Crippen LogP) is 3.26. The van der Waals surface area contributed by atoms with Gasteiger partial charge in [0.1, 0.15) is 0 Å². The van der Waals surface area contributed by atoms with Crippen molar-refractivity contribution in [3.63, 3.8) is 0 Å². The minimum Gasteiger partial charge on any atom is -0.380 e. The Balaban J connectivity index is 2.39. The van der Waals surface area contributed by atoms with Gasteiger partial charge in [-0.25, -0.2) is 0 Å². The molecule has 1 aliphatic rings. The zero-order valence-electron chi connectivity index (χ0n) is 8.42. The monoisotopic (exact) mass is 254 g/mol. The van der Waals surface area contributed by atoms with E-state index in [0.717, 1.165) is 26.1 Å². The molecule has 0 amide bonds. The van der Waals surface area contributed by atoms with E-state index >= 15 is 0 Å². The lowest BCUT2D eigenvalue weighted by Gasteiger charge is -2.11. The van der Waals surface area contributed by atoms with E-state index in [2.05, 4.69) is 41.1 Å². The molecule has 0 bridgehead atoms. The van der Waals surface area contributed by atoms with Crippen LogP contribution in [0.15, 0.2) is 18.2 Å². The molecule has 0 aliphatic carbocycles. The second-order valence-corrected chi connectivity index (χ2v) is 4.78. The number of aryl methyl sites for hydroxylation is 1. The number of hydrogen-bond donors (Lipinski definition) is 0. The van der Waals surface area contributed by atoms with Gasteiger partial charge >= 0.3 is 0 Å². The van der Waals surface area contributed by atoms with Gasteiger partial charge in [-0.2, -0.15) is 0 Å². The van der Waals surface area contributed by atoms with Crippen LogP contribution in [0.25, 0.3) is 0 Å². The van der Waals surface area contributed by atoms with Crippen LogP contribution in [0.4, 0.5) is 0 Å². The number of ether oxygens (including phenoxy) is 1. The second-order valence-electron chi connectivity index (χ2n) is 3.68. The van der Waals surface area contributed by atoms with E-state index in [1.54, 1.807) is 0 Å². The van der Waals surface area contributed by atoms with Crippen LogP contribution >= 0.6 is 15.9 Å². The van der Waals surface area contributed by atoms with Gasteiger partial charge in [-0.1, -0.05) is 41.1 Å². The van der Waals surface area contributed by atoms with E-state index < -0.39 is 0 Å². The Labute approximate surface area is 93.6 Å². The lowest BCUT2D eigenvalue weighted by atomic mass is 9.99. The van der Waals surface area contributed by atoms with E-state index in [-0.39, 0.29) is 0 Å². The van der Waals surface area contributed by atoms with E-state index in [1.807, 2.05) is 0 Å². The van der Waals surface area contributed by atoms with E-state index in [9.17, 15) is 0 Å². The molecule has 76 valence electrons. The van der Waals surface area contributed by atoms with Crippen LogP contribution < -0.4 is 0 Å². The van der Waals surface area contributed by atoms with Gasteiger partial charge in [0, 0.05) is 0 Å². The van der Waals surface area contributed by atoms with Crippen molar-refractivity contribution in [2.45, 2.75) is 24.6 Å². The number of halogens is 1. The molecule has 1 heterocycles. The highest BCUT2D eigenvalue weighted by atomic mass is 79.9. The summed E-state index contributed by atoms with van der Waals surface area (Å²) >= 11 is 3.68. The number of alkyl halides is 1. The molecule has 2 heteroatoms. The molecule has 1 unspecified atom stereocenters. The standard InChI is InChI=1S/C12H15BrO/c1-2-9-3-4-10-5-6-14-8-12(13)11(10)7-9/h3-4,7,12H,2,5-6,8H2,1H3. The first kappa shape index (κ1) is 10.2. The van der Waals surface area contributed by atoms with Crippen LogP contribution in [-0.2, 0) is 17.6 Å². The smallest absolute Gasteiger partial charge is 0.0632 e. The van der Waals surface area contributed by atoms with Crippen LogP contribution in [-0.4, -0.2) is 13.2 Å². The normalized spacial score (nSPS) is 21.4. The van der Waals surface area contributed by atoms with E-state index in [1.165, 1.54) is 16.7 Å². The maximum Gasteiger partial charge on any atom is 0.0632 e. The van der Waals surface area contributed by atoms with Crippen LogP contribution in [0.1, 0.15) is 28.4 Å². The summed E-state index contributed by atoms with van der Waals surface area (Å²) in [4.78, 5) is 0.367. The Bertz CT molecular complexity index is 322. The highest BCUT2D eigenvalue weighted by Crippen LogP contribution is 2.30. The number of hydrogen-bond acceptors (Lipinski definition) is 1. The molecule has 0 saturated heterocycles. The fourth-order valence-corrected chi connectivity index (χ4v) is 2.46. The van der Waals surface area contributed by atoms with E-state index in [0.29, 0.717) is 4.83 Å². The van der Waals surface area contributed by atoms with Crippen molar-refractivity contribution < 1.29 is 4.74 Å². The third kappa shape index (κ3) is 2.01. The number of benzene rings is 1. The Morgan fingerprint density at radius 3 is 3.14 bits per heavy atom. The summed E-state index contributed by atoms with van der Waals surface area (Å²) in [6.07, 6.45) is 2.15. The summed E-state index contributed by atoms with van der Waals surface area (Å²) in [6, 6.07) is 6.78. The molecule has 1 nitrogen and oxygen atoms in total. The zero-order valence-corrected chi connectivity index (χ0v) is 10.0. The van der Waals surface area contributed by atoms with Crippen molar-refractivity contribution >= 4 is 15.9 Å². The number of rotatable bonds is 1. The van der Waals surface area contributed by atoms with E-state index in [4.69, 9.17) is 4.74 Å². The second kappa shape index (κ2) is 4.45. The van der Waals surface area contributed by atoms with Crippen LogP contribution in [0.5, 0.6) is 0 Å². The SMILES string of the molecule is CCc1ccc2c(c1)C(Br)COCC2. The molecule has 0 aromatic heterocycles. The van der Waals surface area contributed by atoms with Crippen LogP contribution in [0.3, 0.4) is 0 Å². The van der Waals surface area contributed by atoms with Gasteiger partial charge in [0.2, 0.25) is 0 Å². The first-order valence-electron chi connectivity index (χ1n) is 5.14. The van der Waals surface area contributed by atoms with Crippen molar-refractivity contribution in [1.82, 2.24) is 0 Å². The molecular weight excluding hydrogens is 240 g/mol. The van der Waals surface area contributed by atoms with Gasteiger partial charge in [0.25, 0.3) is 0 Å². The largest absolute Gasteiger partial charge is 0.380 e. The highest BCUT2D eigenvalue weighted by Gasteiger charge is 2.16. The lowest BCUT2D eigenvalue weighted by molar-refractivity contribution is 0.146. The minimum absolute atomic E-state index is 0.367. The summed E-state index contributed by atoms with van der Waals surface area (Å²) in [5.41, 5.74) is 4.26. The molecule has 14 heavy (non-hydrogen) atoms. The molecule has 1 aliphatic heterocycles. The summed E-state index contributed by atoms with van der Waals surface area (Å²) in [5.74, 6) is 0. The molecule has 1 atom stereocenters. The molecule has 0 radical (unpaired) electrons. The van der Waals surface area contributed by atoms with Gasteiger partial charge in [-0.3, -0.25) is 0 Å². The molecule has 0 spiro atoms. The van der Waals surface area contributed by atoms with Crippen molar-refractivity contribution in [3.8, 4) is 0 Å². The van der Waals surface area contributed by atoms with Crippen LogP contribution in [0, 0.1) is 0 Å². The van der Waals surface area contributed by atoms with Gasteiger partial charge in [-0.15, -0.1) is 0 Å². The Morgan fingerprint density at radius 1 is 1.50 bits per heavy atom. The van der Waals surface area contributed by atoms with Crippen molar-refractivity contribution in [1.29, 1.82) is 0 Å². The first-order valence-corrected chi connectivity index (χ1v) is 6.06. The molecule has 2 rings (SSSR count). The average Bonchev–Trinajstić information content (AvgIpc) is 2.40. The average molecular weight is 255 g/mol. The van der Waals surface area contributed by atoms with Gasteiger partial charge < -0.3 is 4.74 Å². The topological polar surface area (TPSA) is 9.23 Å². The molecular formula is C12H15BrO. The summed E-state index contributed by atoms with van der Waals surface area (Å²) in [5, 5.41) is 0. The maximum atomic E-state index is 5.52. The fraction of sp³-hybridized carbons (Fsp3) is 0.500.